The van der Waals surface area contributed by atoms with Gasteiger partial charge in [0.2, 0.25) is 10.0 Å². The molecule has 5 fully saturated rings. The van der Waals surface area contributed by atoms with Gasteiger partial charge in [0.15, 0.2) is 0 Å². The van der Waals surface area contributed by atoms with Crippen molar-refractivity contribution in [3.05, 3.63) is 29.8 Å². The minimum atomic E-state index is -3.59. The van der Waals surface area contributed by atoms with Gasteiger partial charge in [0.25, 0.3) is 5.91 Å². The van der Waals surface area contributed by atoms with Crippen LogP contribution in [0.3, 0.4) is 0 Å². The minimum Gasteiger partial charge on any atom is -0.271 e. The van der Waals surface area contributed by atoms with Gasteiger partial charge in [-0.25, -0.2) is 13.8 Å². The second kappa shape index (κ2) is 8.47. The zero-order valence-corrected chi connectivity index (χ0v) is 19.9. The summed E-state index contributed by atoms with van der Waals surface area (Å²) in [6, 6.07) is 7.99. The molecule has 0 atom stereocenters. The molecule has 5 aliphatic rings. The molecule has 0 radical (unpaired) electrons. The number of anilines is 1. The van der Waals surface area contributed by atoms with E-state index in [-0.39, 0.29) is 12.0 Å². The number of carbonyl (C=O) groups excluding carboxylic acids is 1. The van der Waals surface area contributed by atoms with E-state index in [2.05, 4.69) is 22.7 Å². The summed E-state index contributed by atoms with van der Waals surface area (Å²) in [6.07, 6.45) is 14.4. The molecule has 0 aromatic heterocycles. The maximum Gasteiger partial charge on any atom is 0.260 e. The fourth-order valence-corrected chi connectivity index (χ4v) is 8.08. The summed E-state index contributed by atoms with van der Waals surface area (Å²) in [7, 11) is -3.59. The summed E-state index contributed by atoms with van der Waals surface area (Å²) in [6.45, 7) is -0.258. The summed E-state index contributed by atoms with van der Waals surface area (Å²) in [4.78, 5) is 12.5. The summed E-state index contributed by atoms with van der Waals surface area (Å²) < 4.78 is 26.2. The zero-order valence-electron chi connectivity index (χ0n) is 19.1. The lowest BCUT2D eigenvalue weighted by Crippen LogP contribution is -2.48. The molecule has 1 N–H and O–H groups in total. The van der Waals surface area contributed by atoms with E-state index in [1.165, 1.54) is 54.8 Å². The van der Waals surface area contributed by atoms with Crippen LogP contribution in [0, 0.1) is 17.8 Å². The molecule has 7 heteroatoms. The Balaban J connectivity index is 1.30. The Labute approximate surface area is 191 Å². The number of nitrogens with one attached hydrogen (secondary N) is 1. The molecule has 0 spiro atoms. The molecule has 5 saturated carbocycles. The van der Waals surface area contributed by atoms with Gasteiger partial charge in [0, 0.05) is 5.71 Å². The minimum absolute atomic E-state index is 0.258. The number of amides is 1. The predicted octanol–water partition coefficient (Wildman–Crippen LogP) is 4.36. The van der Waals surface area contributed by atoms with Gasteiger partial charge >= 0.3 is 0 Å². The molecule has 1 aromatic carbocycles. The van der Waals surface area contributed by atoms with Crippen LogP contribution < -0.4 is 9.73 Å². The fourth-order valence-electron chi connectivity index (χ4n) is 7.22. The Kier molecular flexibility index (Phi) is 5.81. The lowest BCUT2D eigenvalue weighted by atomic mass is 9.48. The van der Waals surface area contributed by atoms with Gasteiger partial charge < -0.3 is 0 Å². The SMILES string of the molecule is CS(=O)(=O)N(CC(=O)NN=C1CCCCC1)c1ccc(C23CC4CC(CC(C4)C2)C3)cc1. The Bertz CT molecular complexity index is 956. The summed E-state index contributed by atoms with van der Waals surface area (Å²) in [5.41, 5.74) is 5.73. The van der Waals surface area contributed by atoms with Crippen LogP contribution in [0.5, 0.6) is 0 Å². The van der Waals surface area contributed by atoms with Crippen molar-refractivity contribution >= 4 is 27.3 Å². The van der Waals surface area contributed by atoms with Gasteiger partial charge in [0.05, 0.1) is 11.9 Å². The molecule has 1 aromatic rings. The highest BCUT2D eigenvalue weighted by atomic mass is 32.2. The third-order valence-corrected chi connectivity index (χ3v) is 9.40. The van der Waals surface area contributed by atoms with Crippen molar-refractivity contribution in [1.82, 2.24) is 5.43 Å². The first kappa shape index (κ1) is 21.9. The van der Waals surface area contributed by atoms with E-state index in [1.807, 2.05) is 12.1 Å². The van der Waals surface area contributed by atoms with E-state index >= 15 is 0 Å². The highest BCUT2D eigenvalue weighted by molar-refractivity contribution is 7.92. The largest absolute Gasteiger partial charge is 0.271 e. The number of benzene rings is 1. The Morgan fingerprint density at radius 1 is 1.00 bits per heavy atom. The monoisotopic (exact) mass is 457 g/mol. The first-order chi connectivity index (χ1) is 15.3. The number of nitrogens with zero attached hydrogens (tertiary/aromatic N) is 2. The number of hydrogen-bond donors (Lipinski definition) is 1. The van der Waals surface area contributed by atoms with Crippen molar-refractivity contribution in [1.29, 1.82) is 0 Å². The number of sulfonamides is 1. The van der Waals surface area contributed by atoms with E-state index in [4.69, 9.17) is 0 Å². The average molecular weight is 458 g/mol. The van der Waals surface area contributed by atoms with Crippen molar-refractivity contribution in [2.24, 2.45) is 22.9 Å². The molecule has 174 valence electrons. The summed E-state index contributed by atoms with van der Waals surface area (Å²) >= 11 is 0. The molecule has 0 unspecified atom stereocenters. The number of rotatable bonds is 6. The van der Waals surface area contributed by atoms with Gasteiger partial charge in [-0.05, 0) is 105 Å². The van der Waals surface area contributed by atoms with Crippen molar-refractivity contribution in [3.8, 4) is 0 Å². The van der Waals surface area contributed by atoms with Crippen LogP contribution in [0.2, 0.25) is 0 Å². The second-order valence-electron chi connectivity index (χ2n) is 10.8. The quantitative estimate of drug-likeness (QED) is 0.645. The Hall–Kier alpha value is -1.89. The zero-order chi connectivity index (χ0) is 22.3. The van der Waals surface area contributed by atoms with E-state index in [0.29, 0.717) is 5.69 Å². The third-order valence-electron chi connectivity index (χ3n) is 8.26. The van der Waals surface area contributed by atoms with Crippen LogP contribution in [0.15, 0.2) is 29.4 Å². The number of carbonyl (C=O) groups is 1. The summed E-state index contributed by atoms with van der Waals surface area (Å²) in [5.74, 6) is 2.19. The molecule has 32 heavy (non-hydrogen) atoms. The maximum absolute atomic E-state index is 12.5. The van der Waals surface area contributed by atoms with Crippen LogP contribution in [-0.4, -0.2) is 32.8 Å². The van der Waals surface area contributed by atoms with Gasteiger partial charge in [-0.3, -0.25) is 9.10 Å². The first-order valence-electron chi connectivity index (χ1n) is 12.2. The van der Waals surface area contributed by atoms with Gasteiger partial charge in [-0.2, -0.15) is 5.10 Å². The average Bonchev–Trinajstić information content (AvgIpc) is 2.75. The molecular weight excluding hydrogens is 422 g/mol. The van der Waals surface area contributed by atoms with Crippen LogP contribution in [0.4, 0.5) is 5.69 Å². The molecule has 6 nitrogen and oxygen atoms in total. The maximum atomic E-state index is 12.5. The molecule has 6 rings (SSSR count). The molecule has 1 amide bonds. The van der Waals surface area contributed by atoms with Crippen molar-refractivity contribution < 1.29 is 13.2 Å². The van der Waals surface area contributed by atoms with E-state index in [0.717, 1.165) is 55.4 Å². The predicted molar refractivity (Wildman–Crippen MR) is 127 cm³/mol. The van der Waals surface area contributed by atoms with Crippen molar-refractivity contribution in [3.63, 3.8) is 0 Å². The van der Waals surface area contributed by atoms with Crippen LogP contribution in [0.1, 0.15) is 76.2 Å². The molecule has 0 saturated heterocycles. The number of hydrazone groups is 1. The van der Waals surface area contributed by atoms with Crippen LogP contribution in [-0.2, 0) is 20.2 Å². The normalized spacial score (nSPS) is 31.4. The Morgan fingerprint density at radius 3 is 2.09 bits per heavy atom. The van der Waals surface area contributed by atoms with Gasteiger partial charge in [-0.15, -0.1) is 0 Å². The highest BCUT2D eigenvalue weighted by Crippen LogP contribution is 2.60. The smallest absolute Gasteiger partial charge is 0.260 e. The molecular formula is C25H35N3O3S. The third kappa shape index (κ3) is 4.45. The highest BCUT2D eigenvalue weighted by Gasteiger charge is 2.51. The fraction of sp³-hybridized carbons (Fsp3) is 0.680. The summed E-state index contributed by atoms with van der Waals surface area (Å²) in [5, 5.41) is 4.23. The molecule has 0 aliphatic heterocycles. The topological polar surface area (TPSA) is 78.8 Å². The lowest BCUT2D eigenvalue weighted by Gasteiger charge is -2.57. The van der Waals surface area contributed by atoms with E-state index < -0.39 is 15.9 Å². The van der Waals surface area contributed by atoms with Crippen LogP contribution in [0.25, 0.3) is 0 Å². The second-order valence-corrected chi connectivity index (χ2v) is 12.7. The van der Waals surface area contributed by atoms with E-state index in [9.17, 15) is 13.2 Å². The van der Waals surface area contributed by atoms with Gasteiger partial charge in [-0.1, -0.05) is 18.6 Å². The molecule has 5 aliphatic carbocycles. The van der Waals surface area contributed by atoms with Gasteiger partial charge in [0.1, 0.15) is 6.54 Å². The standard InChI is InChI=1S/C25H35N3O3S/c1-32(30,31)28(17-24(29)27-26-22-5-3-2-4-6-22)23-9-7-21(8-10-23)25-14-18-11-19(15-25)13-20(12-18)16-25/h7-10,18-20H,2-6,11-17H2,1H3,(H,27,29). The lowest BCUT2D eigenvalue weighted by molar-refractivity contribution is -0.119. The molecule has 0 heterocycles. The van der Waals surface area contributed by atoms with Crippen molar-refractivity contribution in [2.75, 3.05) is 17.1 Å². The number of hydrogen-bond acceptors (Lipinski definition) is 4. The van der Waals surface area contributed by atoms with Crippen LogP contribution >= 0.6 is 0 Å². The molecule has 4 bridgehead atoms. The van der Waals surface area contributed by atoms with Crippen molar-refractivity contribution in [2.45, 2.75) is 76.0 Å². The first-order valence-corrected chi connectivity index (χ1v) is 14.1. The van der Waals surface area contributed by atoms with E-state index in [1.54, 1.807) is 0 Å². The Morgan fingerprint density at radius 2 is 1.56 bits per heavy atom.